The fourth-order valence-corrected chi connectivity index (χ4v) is 7.05. The van der Waals surface area contributed by atoms with Crippen LogP contribution in [0.25, 0.3) is 22.0 Å². The number of pyridine rings is 1. The Morgan fingerprint density at radius 3 is 2.35 bits per heavy atom. The van der Waals surface area contributed by atoms with Crippen molar-refractivity contribution in [2.75, 3.05) is 33.3 Å². The quantitative estimate of drug-likeness (QED) is 0.0950. The van der Waals surface area contributed by atoms with Gasteiger partial charge in [0.1, 0.15) is 6.54 Å². The molecule has 0 radical (unpaired) electrons. The fraction of sp³-hybridized carbons (Fsp3) is 0.300. The minimum Gasteiger partial charge on any atom is -0.383 e. The highest BCUT2D eigenvalue weighted by Gasteiger charge is 2.31. The molecule has 0 atom stereocenters. The molecule has 0 aliphatic carbocycles. The van der Waals surface area contributed by atoms with Crippen molar-refractivity contribution in [3.8, 4) is 11.1 Å². The molecule has 1 saturated heterocycles. The number of halogens is 5. The van der Waals surface area contributed by atoms with Crippen LogP contribution in [0.3, 0.4) is 0 Å². The summed E-state index contributed by atoms with van der Waals surface area (Å²) < 4.78 is 134. The molecule has 5 aromatic rings. The molecule has 0 N–H and O–H groups in total. The van der Waals surface area contributed by atoms with Crippen molar-refractivity contribution in [3.05, 3.63) is 135 Å². The lowest BCUT2D eigenvalue weighted by molar-refractivity contribution is -0.137. The summed E-state index contributed by atoms with van der Waals surface area (Å²) in [6.45, 7) is -2.16. The Kier molecular flexibility index (Phi) is 9.16. The number of rotatable bonds is 12. The number of benzene rings is 4. The van der Waals surface area contributed by atoms with E-state index in [9.17, 15) is 31.5 Å². The van der Waals surface area contributed by atoms with Gasteiger partial charge in [-0.15, -0.1) is 11.8 Å². The van der Waals surface area contributed by atoms with Gasteiger partial charge in [-0.3, -0.25) is 9.59 Å². The third-order valence-electron chi connectivity index (χ3n) is 8.83. The van der Waals surface area contributed by atoms with E-state index in [0.717, 1.165) is 34.5 Å². The number of hydrogen-bond acceptors (Lipinski definition) is 5. The fourth-order valence-electron chi connectivity index (χ4n) is 6.06. The van der Waals surface area contributed by atoms with E-state index >= 15 is 0 Å². The first-order valence-corrected chi connectivity index (χ1v) is 17.3. The molecule has 2 heterocycles. The number of aromatic nitrogens is 1. The molecule has 6 rings (SSSR count). The van der Waals surface area contributed by atoms with E-state index in [1.165, 1.54) is 36.3 Å². The van der Waals surface area contributed by atoms with Gasteiger partial charge >= 0.3 is 6.18 Å². The van der Waals surface area contributed by atoms with Crippen molar-refractivity contribution in [2.24, 2.45) is 0 Å². The Labute approximate surface area is 312 Å². The molecule has 12 heteroatoms. The number of carbonyl (C=O) groups excluding carboxylic acids is 1. The summed E-state index contributed by atoms with van der Waals surface area (Å²) in [5, 5.41) is -0.734. The van der Waals surface area contributed by atoms with Crippen LogP contribution in [-0.2, 0) is 34.6 Å². The smallest absolute Gasteiger partial charge is 0.383 e. The van der Waals surface area contributed by atoms with Gasteiger partial charge in [-0.05, 0) is 59.8 Å². The first-order chi connectivity index (χ1) is 27.8. The van der Waals surface area contributed by atoms with Gasteiger partial charge in [0, 0.05) is 64.8 Å². The number of likely N-dealkylation sites (tertiary alicyclic amines) is 1. The minimum absolute atomic E-state index is 0.0113. The summed E-state index contributed by atoms with van der Waals surface area (Å²) in [4.78, 5) is 31.6. The van der Waals surface area contributed by atoms with Crippen LogP contribution in [0, 0.1) is 11.6 Å². The van der Waals surface area contributed by atoms with Gasteiger partial charge in [-0.2, -0.15) is 13.2 Å². The number of para-hydroxylation sites is 1. The van der Waals surface area contributed by atoms with Crippen LogP contribution in [0.2, 0.25) is 0 Å². The van der Waals surface area contributed by atoms with Gasteiger partial charge in [-0.1, -0.05) is 60.6 Å². The maximum atomic E-state index is 14.8. The molecule has 0 saturated carbocycles. The van der Waals surface area contributed by atoms with E-state index in [2.05, 4.69) is 0 Å². The zero-order valence-corrected chi connectivity index (χ0v) is 28.8. The topological polar surface area (TPSA) is 54.8 Å². The maximum Gasteiger partial charge on any atom is 0.416 e. The maximum absolute atomic E-state index is 14.8. The van der Waals surface area contributed by atoms with Crippen LogP contribution in [-0.4, -0.2) is 59.6 Å². The standard InChI is InChI=1S/C40H38F5N3O3S/c1-51-22-21-46-19-17-32(18-20-46)47(24-27-9-11-28(12-10-27)29-13-15-31(16-14-29)40(43,44)45)37(50)25-48-35-8-3-2-6-33(35)36(49)23-38(48)52-26-30-5-4-7-34(41)39(30)42/h2-16,23,32H,17-22,24-26H2,1H3/i2D,3D,6D,8D,21D2,23D. The number of methoxy groups -OCH3 is 1. The second kappa shape index (κ2) is 16.4. The van der Waals surface area contributed by atoms with Crippen molar-refractivity contribution in [1.29, 1.82) is 0 Å². The van der Waals surface area contributed by atoms with Gasteiger partial charge in [0.2, 0.25) is 5.91 Å². The molecule has 1 amide bonds. The number of alkyl halides is 3. The first kappa shape index (κ1) is 29.0. The molecular weight excluding hydrogens is 698 g/mol. The van der Waals surface area contributed by atoms with Gasteiger partial charge in [0.05, 0.1) is 29.6 Å². The number of ether oxygens (including phenoxy) is 1. The minimum atomic E-state index is -4.50. The lowest BCUT2D eigenvalue weighted by Crippen LogP contribution is -2.48. The molecule has 1 aromatic heterocycles. The normalized spacial score (nSPS) is 16.4. The Balaban J connectivity index is 1.40. The summed E-state index contributed by atoms with van der Waals surface area (Å²) in [5.41, 5.74) is -0.538. The Morgan fingerprint density at radius 1 is 1.00 bits per heavy atom. The van der Waals surface area contributed by atoms with Crippen molar-refractivity contribution in [3.63, 3.8) is 0 Å². The molecule has 0 spiro atoms. The van der Waals surface area contributed by atoms with Gasteiger partial charge < -0.3 is 19.1 Å². The monoisotopic (exact) mass is 742 g/mol. The van der Waals surface area contributed by atoms with E-state index in [1.54, 1.807) is 29.2 Å². The third kappa shape index (κ3) is 8.74. The lowest BCUT2D eigenvalue weighted by Gasteiger charge is -2.39. The second-order valence-electron chi connectivity index (χ2n) is 12.2. The number of hydrogen-bond donors (Lipinski definition) is 0. The second-order valence-corrected chi connectivity index (χ2v) is 13.1. The van der Waals surface area contributed by atoms with E-state index in [4.69, 9.17) is 14.3 Å². The highest BCUT2D eigenvalue weighted by atomic mass is 32.2. The number of amides is 1. The summed E-state index contributed by atoms with van der Waals surface area (Å²) in [5.74, 6) is -3.18. The number of nitrogens with zero attached hydrogens (tertiary/aromatic N) is 3. The lowest BCUT2D eigenvalue weighted by atomic mass is 10.00. The molecule has 52 heavy (non-hydrogen) atoms. The highest BCUT2D eigenvalue weighted by molar-refractivity contribution is 7.98. The van der Waals surface area contributed by atoms with Crippen LogP contribution in [0.15, 0.2) is 107 Å². The molecule has 1 aliphatic rings. The summed E-state index contributed by atoms with van der Waals surface area (Å²) in [6.07, 6.45) is -3.87. The summed E-state index contributed by atoms with van der Waals surface area (Å²) >= 11 is 0.729. The number of piperidine rings is 1. The largest absolute Gasteiger partial charge is 0.416 e. The van der Waals surface area contributed by atoms with Crippen LogP contribution in [0.1, 0.15) is 39.1 Å². The molecule has 4 aromatic carbocycles. The Morgan fingerprint density at radius 2 is 1.67 bits per heavy atom. The van der Waals surface area contributed by atoms with Crippen molar-refractivity contribution < 1.29 is 41.1 Å². The third-order valence-corrected chi connectivity index (χ3v) is 9.88. The predicted octanol–water partition coefficient (Wildman–Crippen LogP) is 8.40. The van der Waals surface area contributed by atoms with E-state index < -0.39 is 89.4 Å². The van der Waals surface area contributed by atoms with E-state index in [1.807, 2.05) is 0 Å². The number of thioether (sulfide) groups is 1. The van der Waals surface area contributed by atoms with Gasteiger partial charge in [-0.25, -0.2) is 8.78 Å². The highest BCUT2D eigenvalue weighted by Crippen LogP contribution is 2.32. The zero-order chi connectivity index (χ0) is 43.0. The Bertz CT molecular complexity index is 2430. The zero-order valence-electron chi connectivity index (χ0n) is 34.9. The van der Waals surface area contributed by atoms with Crippen LogP contribution in [0.5, 0.6) is 0 Å². The molecule has 0 unspecified atom stereocenters. The average Bonchev–Trinajstić information content (AvgIpc) is 3.20. The summed E-state index contributed by atoms with van der Waals surface area (Å²) in [7, 11) is 1.39. The van der Waals surface area contributed by atoms with Crippen LogP contribution >= 0.6 is 11.8 Å². The van der Waals surface area contributed by atoms with E-state index in [0.29, 0.717) is 29.5 Å². The van der Waals surface area contributed by atoms with Crippen molar-refractivity contribution >= 4 is 28.6 Å². The average molecular weight is 743 g/mol. The van der Waals surface area contributed by atoms with Gasteiger partial charge in [0.25, 0.3) is 0 Å². The van der Waals surface area contributed by atoms with Gasteiger partial charge in [0.15, 0.2) is 17.1 Å². The number of carbonyl (C=O) groups is 1. The number of fused-ring (bicyclic) bond motifs is 1. The van der Waals surface area contributed by atoms with E-state index in [-0.39, 0.29) is 48.1 Å². The van der Waals surface area contributed by atoms with Crippen LogP contribution in [0.4, 0.5) is 22.0 Å². The molecule has 1 aliphatic heterocycles. The van der Waals surface area contributed by atoms with Crippen molar-refractivity contribution in [1.82, 2.24) is 14.4 Å². The van der Waals surface area contributed by atoms with Crippen LogP contribution < -0.4 is 5.43 Å². The van der Waals surface area contributed by atoms with Crippen molar-refractivity contribution in [2.45, 2.75) is 48.9 Å². The molecule has 0 bridgehead atoms. The summed E-state index contributed by atoms with van der Waals surface area (Å²) in [6, 6.07) is 11.0. The molecule has 1 fully saturated rings. The Hall–Kier alpha value is -4.52. The molecular formula is C40H38F5N3O3S. The SMILES string of the molecule is [2H]c1c([2H])c([2H])c2c(c1[2H])c(=O)c([2H])c(SCc1cccc(F)c1F)n2CC(=O)N(Cc1ccc(-c2ccc(C(F)(F)F)cc2)cc1)C1CCN(C([2H])([2H])COC)CC1. The molecule has 6 nitrogen and oxygen atoms in total. The molecule has 272 valence electrons. The predicted molar refractivity (Wildman–Crippen MR) is 193 cm³/mol. The first-order valence-electron chi connectivity index (χ1n) is 19.8.